The smallest absolute Gasteiger partial charge is 0.348 e. The van der Waals surface area contributed by atoms with Crippen LogP contribution in [0.25, 0.3) is 31.2 Å². The Morgan fingerprint density at radius 2 is 1.62 bits per heavy atom. The van der Waals surface area contributed by atoms with Crippen molar-refractivity contribution in [3.05, 3.63) is 34.3 Å². The second-order valence-corrected chi connectivity index (χ2v) is 6.39. The van der Waals surface area contributed by atoms with E-state index in [0.717, 1.165) is 25.8 Å². The number of rotatable bonds is 0. The summed E-state index contributed by atoms with van der Waals surface area (Å²) >= 11 is 2.86. The molecule has 1 aliphatic heterocycles. The van der Waals surface area contributed by atoms with Crippen LogP contribution in [0, 0.1) is 0 Å². The Balaban J connectivity index is 2.20. The van der Waals surface area contributed by atoms with Gasteiger partial charge in [-0.15, -0.1) is 22.7 Å². The Morgan fingerprint density at radius 3 is 2.43 bits per heavy atom. The van der Waals surface area contributed by atoms with Crippen LogP contribution in [-0.2, 0) is 4.74 Å². The molecule has 4 aromatic rings. The van der Waals surface area contributed by atoms with Crippen LogP contribution in [0.2, 0.25) is 0 Å². The highest BCUT2D eigenvalue weighted by molar-refractivity contribution is 7.18. The van der Waals surface area contributed by atoms with E-state index < -0.39 is 11.9 Å². The third-order valence-corrected chi connectivity index (χ3v) is 5.36. The number of thiazole rings is 2. The van der Waals surface area contributed by atoms with Gasteiger partial charge in [0.15, 0.2) is 0 Å². The summed E-state index contributed by atoms with van der Waals surface area (Å²) in [5.41, 5.74) is 5.72. The van der Waals surface area contributed by atoms with E-state index in [1.54, 1.807) is 17.1 Å². The molecule has 0 bridgehead atoms. The zero-order chi connectivity index (χ0) is 14.1. The molecule has 5 rings (SSSR count). The molecule has 0 radical (unpaired) electrons. The summed E-state index contributed by atoms with van der Waals surface area (Å²) in [6, 6.07) is 3.61. The van der Waals surface area contributed by atoms with E-state index in [1.165, 1.54) is 22.7 Å². The topological polar surface area (TPSA) is 69.2 Å². The number of carbonyl (C=O) groups excluding carboxylic acids is 2. The molecule has 0 saturated carbocycles. The molecular formula is C14H4N2O3S2. The van der Waals surface area contributed by atoms with Crippen molar-refractivity contribution in [2.24, 2.45) is 0 Å². The van der Waals surface area contributed by atoms with Crippen molar-refractivity contribution in [2.75, 3.05) is 0 Å². The van der Waals surface area contributed by atoms with Crippen LogP contribution in [-0.4, -0.2) is 21.9 Å². The van der Waals surface area contributed by atoms with Crippen LogP contribution >= 0.6 is 22.7 Å². The molecule has 7 heteroatoms. The standard InChI is InChI=1S/C14H4N2O3S2/c17-13-6-2-7-11(20-3-15-7)5-1-8-12(21-4-16-8)10(9(5)6)14(18)19-13/h1-4H. The number of hydrogen-bond acceptors (Lipinski definition) is 7. The first-order valence-corrected chi connectivity index (χ1v) is 7.82. The summed E-state index contributed by atoms with van der Waals surface area (Å²) in [6.45, 7) is 0. The average Bonchev–Trinajstić information content (AvgIpc) is 3.10. The van der Waals surface area contributed by atoms with Crippen molar-refractivity contribution >= 4 is 65.8 Å². The van der Waals surface area contributed by atoms with E-state index in [-0.39, 0.29) is 0 Å². The lowest BCUT2D eigenvalue weighted by atomic mass is 9.96. The van der Waals surface area contributed by atoms with Crippen molar-refractivity contribution in [3.8, 4) is 0 Å². The first-order chi connectivity index (χ1) is 10.2. The largest absolute Gasteiger partial charge is 0.386 e. The predicted octanol–water partition coefficient (Wildman–Crippen LogP) is 3.37. The van der Waals surface area contributed by atoms with E-state index in [9.17, 15) is 9.59 Å². The number of nitrogens with zero attached hydrogens (tertiary/aromatic N) is 2. The summed E-state index contributed by atoms with van der Waals surface area (Å²) < 4.78 is 6.59. The van der Waals surface area contributed by atoms with E-state index in [2.05, 4.69) is 9.97 Å². The van der Waals surface area contributed by atoms with Crippen molar-refractivity contribution in [1.29, 1.82) is 0 Å². The normalized spacial score (nSPS) is 14.3. The molecule has 5 nitrogen and oxygen atoms in total. The maximum absolute atomic E-state index is 12.2. The number of hydrogen-bond donors (Lipinski definition) is 0. The maximum Gasteiger partial charge on any atom is 0.348 e. The molecule has 21 heavy (non-hydrogen) atoms. The van der Waals surface area contributed by atoms with Crippen molar-refractivity contribution in [3.63, 3.8) is 0 Å². The van der Waals surface area contributed by atoms with Crippen molar-refractivity contribution in [2.45, 2.75) is 0 Å². The van der Waals surface area contributed by atoms with Crippen LogP contribution in [0.5, 0.6) is 0 Å². The molecule has 2 aromatic carbocycles. The number of benzene rings is 2. The lowest BCUT2D eigenvalue weighted by Gasteiger charge is -2.16. The van der Waals surface area contributed by atoms with Gasteiger partial charge in [0.1, 0.15) is 0 Å². The molecule has 0 spiro atoms. The van der Waals surface area contributed by atoms with Crippen molar-refractivity contribution < 1.29 is 14.3 Å². The molecule has 0 fully saturated rings. The maximum atomic E-state index is 12.2. The van der Waals surface area contributed by atoms with Gasteiger partial charge in [0.2, 0.25) is 0 Å². The summed E-state index contributed by atoms with van der Waals surface area (Å²) in [5, 5.41) is 1.49. The molecular weight excluding hydrogens is 308 g/mol. The van der Waals surface area contributed by atoms with Gasteiger partial charge in [-0.2, -0.15) is 0 Å². The summed E-state index contributed by atoms with van der Waals surface area (Å²) in [7, 11) is 0. The third kappa shape index (κ3) is 1.29. The third-order valence-electron chi connectivity index (χ3n) is 3.62. The lowest BCUT2D eigenvalue weighted by molar-refractivity contribution is 0.0393. The van der Waals surface area contributed by atoms with Gasteiger partial charge in [-0.3, -0.25) is 0 Å². The van der Waals surface area contributed by atoms with E-state index in [0.29, 0.717) is 16.5 Å². The molecule has 0 saturated heterocycles. The molecule has 0 unspecified atom stereocenters. The average molecular weight is 312 g/mol. The first kappa shape index (κ1) is 11.3. The zero-order valence-electron chi connectivity index (χ0n) is 10.2. The van der Waals surface area contributed by atoms with Gasteiger partial charge in [0.05, 0.1) is 42.6 Å². The molecule has 100 valence electrons. The minimum absolute atomic E-state index is 0.397. The van der Waals surface area contributed by atoms with Crippen molar-refractivity contribution in [1.82, 2.24) is 9.97 Å². The Labute approximate surface area is 124 Å². The minimum atomic E-state index is -0.615. The van der Waals surface area contributed by atoms with Gasteiger partial charge in [-0.25, -0.2) is 19.6 Å². The predicted molar refractivity (Wildman–Crippen MR) is 80.1 cm³/mol. The van der Waals surface area contributed by atoms with E-state index in [4.69, 9.17) is 4.74 Å². The number of fused-ring (bicyclic) bond motifs is 4. The van der Waals surface area contributed by atoms with Gasteiger partial charge < -0.3 is 4.74 Å². The summed E-state index contributed by atoms with van der Waals surface area (Å²) in [4.78, 5) is 32.8. The second-order valence-electron chi connectivity index (χ2n) is 4.68. The minimum Gasteiger partial charge on any atom is -0.386 e. The number of aromatic nitrogens is 2. The van der Waals surface area contributed by atoms with Gasteiger partial charge in [-0.05, 0) is 12.1 Å². The number of carbonyl (C=O) groups is 2. The van der Waals surface area contributed by atoms with Gasteiger partial charge in [0, 0.05) is 10.8 Å². The van der Waals surface area contributed by atoms with E-state index >= 15 is 0 Å². The highest BCUT2D eigenvalue weighted by Gasteiger charge is 2.31. The zero-order valence-corrected chi connectivity index (χ0v) is 11.9. The van der Waals surface area contributed by atoms with Crippen LogP contribution in [0.3, 0.4) is 0 Å². The summed E-state index contributed by atoms with van der Waals surface area (Å²) in [6.07, 6.45) is 0. The summed E-state index contributed by atoms with van der Waals surface area (Å²) in [5.74, 6) is -1.22. The van der Waals surface area contributed by atoms with Crippen LogP contribution in [0.4, 0.5) is 0 Å². The van der Waals surface area contributed by atoms with Crippen LogP contribution < -0.4 is 0 Å². The van der Waals surface area contributed by atoms with Gasteiger partial charge in [0.25, 0.3) is 0 Å². The SMILES string of the molecule is O=C1OC(=O)c2c3scnc3cc3c2c1cc1ncsc13. The molecule has 2 aromatic heterocycles. The monoisotopic (exact) mass is 312 g/mol. The number of ether oxygens (including phenoxy) is 1. The highest BCUT2D eigenvalue weighted by atomic mass is 32.1. The van der Waals surface area contributed by atoms with Gasteiger partial charge >= 0.3 is 11.9 Å². The molecule has 0 atom stereocenters. The fourth-order valence-corrected chi connectivity index (χ4v) is 4.37. The Kier molecular flexibility index (Phi) is 1.95. The Bertz CT molecular complexity index is 1110. The quantitative estimate of drug-likeness (QED) is 0.368. The highest BCUT2D eigenvalue weighted by Crippen LogP contribution is 2.40. The molecule has 1 aliphatic rings. The first-order valence-electron chi connectivity index (χ1n) is 6.06. The van der Waals surface area contributed by atoms with E-state index in [1.807, 2.05) is 6.07 Å². The molecule has 0 aliphatic carbocycles. The number of cyclic esters (lactones) is 2. The Morgan fingerprint density at radius 1 is 0.905 bits per heavy atom. The fraction of sp³-hybridized carbons (Fsp3) is 0. The molecule has 3 heterocycles. The van der Waals surface area contributed by atoms with Gasteiger partial charge in [-0.1, -0.05) is 0 Å². The number of esters is 2. The fourth-order valence-electron chi connectivity index (χ4n) is 2.77. The Hall–Kier alpha value is -2.38. The molecule has 0 N–H and O–H groups in total. The molecule has 0 amide bonds. The lowest BCUT2D eigenvalue weighted by Crippen LogP contribution is -2.19. The van der Waals surface area contributed by atoms with Crippen LogP contribution in [0.15, 0.2) is 23.2 Å². The second kappa shape index (κ2) is 3.63. The van der Waals surface area contributed by atoms with Crippen LogP contribution in [0.1, 0.15) is 20.7 Å².